The van der Waals surface area contributed by atoms with Crippen LogP contribution in [-0.2, 0) is 11.3 Å². The molecular weight excluding hydrogens is 520 g/mol. The molecule has 146 valence electrons. The SMILES string of the molecule is O=C1/C(=C/c2cc(Br)cc(Br)c2O)SC(=Nc2ccccc2)N1Cc1ccco1. The third kappa shape index (κ3) is 4.49. The van der Waals surface area contributed by atoms with E-state index in [-0.39, 0.29) is 18.2 Å². The Morgan fingerprint density at radius 2 is 1.93 bits per heavy atom. The zero-order valence-electron chi connectivity index (χ0n) is 14.9. The Kier molecular flexibility index (Phi) is 5.94. The first-order valence-electron chi connectivity index (χ1n) is 8.57. The minimum atomic E-state index is -0.198. The van der Waals surface area contributed by atoms with Gasteiger partial charge in [-0.25, -0.2) is 4.99 Å². The summed E-state index contributed by atoms with van der Waals surface area (Å²) in [7, 11) is 0. The van der Waals surface area contributed by atoms with Gasteiger partial charge >= 0.3 is 0 Å². The van der Waals surface area contributed by atoms with Crippen LogP contribution in [0, 0.1) is 0 Å². The van der Waals surface area contributed by atoms with Gasteiger partial charge in [0, 0.05) is 10.0 Å². The van der Waals surface area contributed by atoms with Crippen LogP contribution in [0.1, 0.15) is 11.3 Å². The Balaban J connectivity index is 1.74. The lowest BCUT2D eigenvalue weighted by molar-refractivity contribution is -0.122. The van der Waals surface area contributed by atoms with Crippen LogP contribution in [0.5, 0.6) is 5.75 Å². The predicted molar refractivity (Wildman–Crippen MR) is 122 cm³/mol. The number of aromatic hydroxyl groups is 1. The topological polar surface area (TPSA) is 66.0 Å². The molecule has 2 heterocycles. The Labute approximate surface area is 188 Å². The standard InChI is InChI=1S/C21H14Br2N2O3S/c22-14-9-13(19(26)17(23)11-14)10-18-20(27)25(12-16-7-4-8-28-16)21(29-18)24-15-5-2-1-3-6-15/h1-11,26H,12H2/b18-10-,24-21?. The van der Waals surface area contributed by atoms with Crippen molar-refractivity contribution in [1.29, 1.82) is 0 Å². The summed E-state index contributed by atoms with van der Waals surface area (Å²) >= 11 is 8.00. The molecule has 8 heteroatoms. The van der Waals surface area contributed by atoms with Gasteiger partial charge in [-0.3, -0.25) is 9.69 Å². The van der Waals surface area contributed by atoms with E-state index in [4.69, 9.17) is 4.42 Å². The molecule has 0 aliphatic carbocycles. The molecule has 3 aromatic rings. The second-order valence-corrected chi connectivity index (χ2v) is 8.92. The Morgan fingerprint density at radius 1 is 1.14 bits per heavy atom. The van der Waals surface area contributed by atoms with Crippen LogP contribution in [0.3, 0.4) is 0 Å². The molecule has 0 radical (unpaired) electrons. The van der Waals surface area contributed by atoms with E-state index >= 15 is 0 Å². The van der Waals surface area contributed by atoms with E-state index < -0.39 is 0 Å². The van der Waals surface area contributed by atoms with Crippen molar-refractivity contribution < 1.29 is 14.3 Å². The third-order valence-corrected chi connectivity index (χ3v) is 6.18. The number of carbonyl (C=O) groups excluding carboxylic acids is 1. The molecule has 0 saturated carbocycles. The van der Waals surface area contributed by atoms with Crippen molar-refractivity contribution in [3.05, 3.63) is 86.0 Å². The monoisotopic (exact) mass is 532 g/mol. The number of para-hydroxylation sites is 1. The second-order valence-electron chi connectivity index (χ2n) is 6.14. The lowest BCUT2D eigenvalue weighted by atomic mass is 10.2. The summed E-state index contributed by atoms with van der Waals surface area (Å²) < 4.78 is 6.74. The van der Waals surface area contributed by atoms with Crippen molar-refractivity contribution >= 4 is 66.5 Å². The van der Waals surface area contributed by atoms with E-state index in [2.05, 4.69) is 36.9 Å². The van der Waals surface area contributed by atoms with E-state index in [1.54, 1.807) is 35.4 Å². The quantitative estimate of drug-likeness (QED) is 0.399. The molecule has 0 unspecified atom stereocenters. The van der Waals surface area contributed by atoms with Gasteiger partial charge in [0.2, 0.25) is 0 Å². The number of phenolic OH excluding ortho intramolecular Hbond substituents is 1. The number of halogens is 2. The van der Waals surface area contributed by atoms with Gasteiger partial charge in [0.25, 0.3) is 5.91 Å². The number of rotatable bonds is 4. The van der Waals surface area contributed by atoms with Crippen LogP contribution in [0.25, 0.3) is 6.08 Å². The molecule has 2 aromatic carbocycles. The average Bonchev–Trinajstić information content (AvgIpc) is 3.31. The van der Waals surface area contributed by atoms with Gasteiger partial charge in [-0.05, 0) is 70.2 Å². The lowest BCUT2D eigenvalue weighted by Crippen LogP contribution is -2.28. The molecule has 1 fully saturated rings. The van der Waals surface area contributed by atoms with Gasteiger partial charge in [-0.1, -0.05) is 34.1 Å². The number of nitrogens with zero attached hydrogens (tertiary/aromatic N) is 2. The molecule has 29 heavy (non-hydrogen) atoms. The molecule has 4 rings (SSSR count). The molecule has 5 nitrogen and oxygen atoms in total. The largest absolute Gasteiger partial charge is 0.506 e. The fraction of sp³-hybridized carbons (Fsp3) is 0.0476. The van der Waals surface area contributed by atoms with E-state index in [0.717, 1.165) is 10.2 Å². The van der Waals surface area contributed by atoms with Crippen LogP contribution in [0.15, 0.2) is 84.1 Å². The van der Waals surface area contributed by atoms with Gasteiger partial charge < -0.3 is 9.52 Å². The molecule has 1 N–H and O–H groups in total. The molecule has 1 aliphatic heterocycles. The summed E-state index contributed by atoms with van der Waals surface area (Å²) in [6.07, 6.45) is 3.24. The van der Waals surface area contributed by atoms with E-state index in [1.165, 1.54) is 11.8 Å². The summed E-state index contributed by atoms with van der Waals surface area (Å²) in [5.74, 6) is 0.533. The molecule has 0 bridgehead atoms. The van der Waals surface area contributed by atoms with Crippen LogP contribution >= 0.6 is 43.6 Å². The Bertz CT molecular complexity index is 1110. The highest BCUT2D eigenvalue weighted by atomic mass is 79.9. The first-order chi connectivity index (χ1) is 14.0. The van der Waals surface area contributed by atoms with Gasteiger partial charge in [0.05, 0.1) is 27.9 Å². The maximum atomic E-state index is 13.1. The summed E-state index contributed by atoms with van der Waals surface area (Å²) in [4.78, 5) is 19.8. The van der Waals surface area contributed by atoms with Crippen molar-refractivity contribution in [3.8, 4) is 5.75 Å². The normalized spacial score (nSPS) is 16.9. The summed E-state index contributed by atoms with van der Waals surface area (Å²) in [6, 6.07) is 16.6. The maximum Gasteiger partial charge on any atom is 0.267 e. The Morgan fingerprint density at radius 3 is 2.66 bits per heavy atom. The number of phenols is 1. The highest BCUT2D eigenvalue weighted by Gasteiger charge is 2.34. The first kappa shape index (κ1) is 20.0. The van der Waals surface area contributed by atoms with Gasteiger partial charge in [-0.2, -0.15) is 0 Å². The number of amidine groups is 1. The smallest absolute Gasteiger partial charge is 0.267 e. The molecule has 0 spiro atoms. The van der Waals surface area contributed by atoms with Gasteiger partial charge in [0.1, 0.15) is 11.5 Å². The number of aliphatic imine (C=N–C) groups is 1. The van der Waals surface area contributed by atoms with Crippen molar-refractivity contribution in [2.45, 2.75) is 6.54 Å². The number of benzene rings is 2. The van der Waals surface area contributed by atoms with E-state index in [1.807, 2.05) is 36.4 Å². The van der Waals surface area contributed by atoms with Crippen molar-refractivity contribution in [1.82, 2.24) is 4.90 Å². The summed E-state index contributed by atoms with van der Waals surface area (Å²) in [5.41, 5.74) is 1.28. The zero-order chi connectivity index (χ0) is 20.4. The fourth-order valence-electron chi connectivity index (χ4n) is 2.74. The number of hydrogen-bond acceptors (Lipinski definition) is 5. The minimum Gasteiger partial charge on any atom is -0.506 e. The van der Waals surface area contributed by atoms with Crippen molar-refractivity contribution in [3.63, 3.8) is 0 Å². The number of furan rings is 1. The van der Waals surface area contributed by atoms with Crippen LogP contribution in [0.4, 0.5) is 5.69 Å². The molecule has 1 aromatic heterocycles. The predicted octanol–water partition coefficient (Wildman–Crippen LogP) is 6.31. The van der Waals surface area contributed by atoms with Gasteiger partial charge in [-0.15, -0.1) is 0 Å². The minimum absolute atomic E-state index is 0.0696. The van der Waals surface area contributed by atoms with Crippen LogP contribution in [-0.4, -0.2) is 21.1 Å². The number of thioether (sulfide) groups is 1. The number of hydrogen-bond donors (Lipinski definition) is 1. The molecule has 1 aliphatic rings. The highest BCUT2D eigenvalue weighted by Crippen LogP contribution is 2.38. The molecular formula is C21H14Br2N2O3S. The fourth-order valence-corrected chi connectivity index (χ4v) is 4.99. The van der Waals surface area contributed by atoms with Crippen molar-refractivity contribution in [2.24, 2.45) is 4.99 Å². The Hall–Kier alpha value is -2.29. The molecule has 1 amide bonds. The van der Waals surface area contributed by atoms with Crippen LogP contribution < -0.4 is 0 Å². The first-order valence-corrected chi connectivity index (χ1v) is 11.0. The summed E-state index contributed by atoms with van der Waals surface area (Å²) in [6.45, 7) is 0.274. The third-order valence-electron chi connectivity index (χ3n) is 4.11. The number of carbonyl (C=O) groups is 1. The summed E-state index contributed by atoms with van der Waals surface area (Å²) in [5, 5.41) is 10.9. The molecule has 0 atom stereocenters. The van der Waals surface area contributed by atoms with Crippen molar-refractivity contribution in [2.75, 3.05) is 0 Å². The van der Waals surface area contributed by atoms with E-state index in [0.29, 0.717) is 25.9 Å². The van der Waals surface area contributed by atoms with Gasteiger partial charge in [0.15, 0.2) is 5.17 Å². The molecule has 1 saturated heterocycles. The zero-order valence-corrected chi connectivity index (χ0v) is 18.9. The van der Waals surface area contributed by atoms with Crippen LogP contribution in [0.2, 0.25) is 0 Å². The van der Waals surface area contributed by atoms with E-state index in [9.17, 15) is 9.90 Å². The maximum absolute atomic E-state index is 13.1. The number of amides is 1. The average molecular weight is 534 g/mol. The lowest BCUT2D eigenvalue weighted by Gasteiger charge is -2.13. The highest BCUT2D eigenvalue weighted by molar-refractivity contribution is 9.11. The second kappa shape index (κ2) is 8.61.